The fourth-order valence-corrected chi connectivity index (χ4v) is 3.99. The lowest BCUT2D eigenvalue weighted by Gasteiger charge is -2.34. The zero-order chi connectivity index (χ0) is 23.3. The number of hydrogen-bond donors (Lipinski definition) is 2. The third kappa shape index (κ3) is 6.97. The Kier molecular flexibility index (Phi) is 8.09. The summed E-state index contributed by atoms with van der Waals surface area (Å²) in [5.74, 6) is -0.744. The average molecular weight is 435 g/mol. The van der Waals surface area contributed by atoms with E-state index in [1.54, 1.807) is 13.0 Å². The van der Waals surface area contributed by atoms with Crippen LogP contribution in [0.15, 0.2) is 18.7 Å². The molecule has 1 atom stereocenters. The molecule has 1 aromatic carbocycles. The molecule has 1 fully saturated rings. The molecule has 1 saturated carbocycles. The van der Waals surface area contributed by atoms with Crippen molar-refractivity contribution in [2.45, 2.75) is 78.0 Å². The first kappa shape index (κ1) is 24.7. The zero-order valence-electron chi connectivity index (χ0n) is 19.4. The SMILES string of the molecule is C=C(C)c1c(F)cc(C(=O)OC)cc1N[C@@H](C)C1CCC(NC(=O)OC(C)(C)C)CC1. The molecule has 1 amide bonds. The first-order valence-electron chi connectivity index (χ1n) is 10.7. The number of esters is 1. The molecule has 0 heterocycles. The van der Waals surface area contributed by atoms with Crippen LogP contribution in [0.2, 0.25) is 0 Å². The van der Waals surface area contributed by atoms with Gasteiger partial charge in [0, 0.05) is 23.3 Å². The number of halogens is 1. The van der Waals surface area contributed by atoms with Crippen molar-refractivity contribution in [1.29, 1.82) is 0 Å². The topological polar surface area (TPSA) is 76.7 Å². The van der Waals surface area contributed by atoms with Crippen LogP contribution in [0.1, 0.15) is 76.2 Å². The Morgan fingerprint density at radius 1 is 1.19 bits per heavy atom. The van der Waals surface area contributed by atoms with E-state index in [0.717, 1.165) is 25.7 Å². The Balaban J connectivity index is 2.03. The summed E-state index contributed by atoms with van der Waals surface area (Å²) < 4.78 is 24.8. The van der Waals surface area contributed by atoms with Crippen LogP contribution < -0.4 is 10.6 Å². The third-order valence-electron chi connectivity index (χ3n) is 5.52. The van der Waals surface area contributed by atoms with E-state index in [4.69, 9.17) is 9.47 Å². The van der Waals surface area contributed by atoms with Crippen LogP contribution in [0.3, 0.4) is 0 Å². The van der Waals surface area contributed by atoms with E-state index in [-0.39, 0.29) is 23.7 Å². The second-order valence-corrected chi connectivity index (χ2v) is 9.34. The van der Waals surface area contributed by atoms with Gasteiger partial charge in [0.05, 0.1) is 12.7 Å². The van der Waals surface area contributed by atoms with Crippen molar-refractivity contribution in [3.63, 3.8) is 0 Å². The molecule has 0 bridgehead atoms. The first-order valence-corrected chi connectivity index (χ1v) is 10.7. The number of amides is 1. The van der Waals surface area contributed by atoms with Crippen LogP contribution >= 0.6 is 0 Å². The predicted octanol–water partition coefficient (Wildman–Crippen LogP) is 5.53. The van der Waals surface area contributed by atoms with Gasteiger partial charge in [-0.1, -0.05) is 6.58 Å². The number of rotatable bonds is 6. The highest BCUT2D eigenvalue weighted by molar-refractivity contribution is 5.92. The maximum atomic E-state index is 14.7. The van der Waals surface area contributed by atoms with Crippen molar-refractivity contribution in [3.8, 4) is 0 Å². The van der Waals surface area contributed by atoms with E-state index in [0.29, 0.717) is 22.7 Å². The molecule has 2 N–H and O–H groups in total. The highest BCUT2D eigenvalue weighted by Gasteiger charge is 2.28. The number of anilines is 1. The zero-order valence-corrected chi connectivity index (χ0v) is 19.4. The van der Waals surface area contributed by atoms with E-state index >= 15 is 0 Å². The molecule has 1 aliphatic carbocycles. The van der Waals surface area contributed by atoms with Gasteiger partial charge < -0.3 is 20.1 Å². The van der Waals surface area contributed by atoms with Gasteiger partial charge in [-0.05, 0) is 83.9 Å². The summed E-state index contributed by atoms with van der Waals surface area (Å²) in [6.45, 7) is 13.2. The van der Waals surface area contributed by atoms with Crippen LogP contribution in [-0.4, -0.2) is 36.9 Å². The Labute approximate surface area is 184 Å². The summed E-state index contributed by atoms with van der Waals surface area (Å²) >= 11 is 0. The van der Waals surface area contributed by atoms with Crippen molar-refractivity contribution in [3.05, 3.63) is 35.7 Å². The van der Waals surface area contributed by atoms with Gasteiger partial charge in [-0.3, -0.25) is 0 Å². The van der Waals surface area contributed by atoms with Crippen LogP contribution in [0, 0.1) is 11.7 Å². The molecule has 1 aliphatic rings. The van der Waals surface area contributed by atoms with E-state index < -0.39 is 17.4 Å². The van der Waals surface area contributed by atoms with Crippen LogP contribution in [0.4, 0.5) is 14.9 Å². The van der Waals surface area contributed by atoms with E-state index in [1.165, 1.54) is 13.2 Å². The summed E-state index contributed by atoms with van der Waals surface area (Å²) in [4.78, 5) is 23.9. The van der Waals surface area contributed by atoms with Crippen molar-refractivity contribution >= 4 is 23.3 Å². The summed E-state index contributed by atoms with van der Waals surface area (Å²) in [7, 11) is 1.27. The van der Waals surface area contributed by atoms with E-state index in [9.17, 15) is 14.0 Å². The summed E-state index contributed by atoms with van der Waals surface area (Å²) in [6, 6.07) is 2.93. The molecule has 172 valence electrons. The molecule has 31 heavy (non-hydrogen) atoms. The molecular weight excluding hydrogens is 399 g/mol. The minimum absolute atomic E-state index is 0.0490. The fraction of sp³-hybridized carbons (Fsp3) is 0.583. The fourth-order valence-electron chi connectivity index (χ4n) is 3.99. The summed E-state index contributed by atoms with van der Waals surface area (Å²) in [5.41, 5.74) is 1.13. The van der Waals surface area contributed by atoms with Crippen molar-refractivity contribution in [2.75, 3.05) is 12.4 Å². The lowest BCUT2D eigenvalue weighted by molar-refractivity contribution is 0.0485. The quantitative estimate of drug-likeness (QED) is 0.576. The van der Waals surface area contributed by atoms with Crippen molar-refractivity contribution in [2.24, 2.45) is 5.92 Å². The first-order chi connectivity index (χ1) is 14.4. The Bertz CT molecular complexity index is 824. The number of ether oxygens (including phenoxy) is 2. The second kappa shape index (κ2) is 10.2. The highest BCUT2D eigenvalue weighted by atomic mass is 19.1. The third-order valence-corrected chi connectivity index (χ3v) is 5.52. The molecule has 2 rings (SSSR count). The van der Waals surface area contributed by atoms with Gasteiger partial charge in [-0.15, -0.1) is 0 Å². The number of allylic oxidation sites excluding steroid dienone is 1. The van der Waals surface area contributed by atoms with E-state index in [1.807, 2.05) is 20.8 Å². The molecule has 0 aromatic heterocycles. The molecule has 1 aromatic rings. The van der Waals surface area contributed by atoms with Gasteiger partial charge >= 0.3 is 12.1 Å². The molecule has 0 saturated heterocycles. The van der Waals surface area contributed by atoms with Gasteiger partial charge in [0.2, 0.25) is 0 Å². The van der Waals surface area contributed by atoms with Gasteiger partial charge in [-0.2, -0.15) is 0 Å². The highest BCUT2D eigenvalue weighted by Crippen LogP contribution is 2.32. The Morgan fingerprint density at radius 3 is 2.32 bits per heavy atom. The van der Waals surface area contributed by atoms with E-state index in [2.05, 4.69) is 24.1 Å². The lowest BCUT2D eigenvalue weighted by Crippen LogP contribution is -2.42. The minimum Gasteiger partial charge on any atom is -0.465 e. The molecule has 0 aliphatic heterocycles. The van der Waals surface area contributed by atoms with Gasteiger partial charge in [-0.25, -0.2) is 14.0 Å². The predicted molar refractivity (Wildman–Crippen MR) is 121 cm³/mol. The maximum Gasteiger partial charge on any atom is 0.407 e. The number of benzene rings is 1. The number of alkyl carbamates (subject to hydrolysis) is 1. The molecule has 7 heteroatoms. The van der Waals surface area contributed by atoms with Gasteiger partial charge in [0.15, 0.2) is 0 Å². The normalized spacial score (nSPS) is 19.8. The average Bonchev–Trinajstić information content (AvgIpc) is 2.65. The summed E-state index contributed by atoms with van der Waals surface area (Å²) in [5, 5.41) is 6.34. The minimum atomic E-state index is -0.586. The number of methoxy groups -OCH3 is 1. The monoisotopic (exact) mass is 434 g/mol. The van der Waals surface area contributed by atoms with Gasteiger partial charge in [0.25, 0.3) is 0 Å². The molecular formula is C24H35FN2O4. The lowest BCUT2D eigenvalue weighted by atomic mass is 9.82. The summed E-state index contributed by atoms with van der Waals surface area (Å²) in [6.07, 6.45) is 3.13. The number of nitrogens with one attached hydrogen (secondary N) is 2. The molecule has 0 spiro atoms. The van der Waals surface area contributed by atoms with Gasteiger partial charge in [0.1, 0.15) is 11.4 Å². The largest absolute Gasteiger partial charge is 0.465 e. The Morgan fingerprint density at radius 2 is 1.81 bits per heavy atom. The number of carbonyl (C=O) groups is 2. The standard InChI is InChI=1S/C24H35FN2O4/c1-14(2)21-19(25)12-17(22(28)30-7)13-20(21)26-15(3)16-8-10-18(11-9-16)27-23(29)31-24(4,5)6/h12-13,15-16,18,26H,1,8-11H2,2-7H3,(H,27,29)/t15-,16?,18?/m0/s1. The second-order valence-electron chi connectivity index (χ2n) is 9.34. The number of hydrogen-bond acceptors (Lipinski definition) is 5. The number of carbonyl (C=O) groups excluding carboxylic acids is 2. The van der Waals surface area contributed by atoms with Crippen LogP contribution in [0.25, 0.3) is 5.57 Å². The Hall–Kier alpha value is -2.57. The molecule has 0 unspecified atom stereocenters. The van der Waals surface area contributed by atoms with Crippen LogP contribution in [0.5, 0.6) is 0 Å². The van der Waals surface area contributed by atoms with Crippen molar-refractivity contribution < 1.29 is 23.5 Å². The smallest absolute Gasteiger partial charge is 0.407 e. The maximum absolute atomic E-state index is 14.7. The van der Waals surface area contributed by atoms with Crippen molar-refractivity contribution in [1.82, 2.24) is 5.32 Å². The van der Waals surface area contributed by atoms with Crippen LogP contribution in [-0.2, 0) is 9.47 Å². The molecule has 0 radical (unpaired) electrons. The molecule has 6 nitrogen and oxygen atoms in total.